The minimum Gasteiger partial charge on any atom is -0.466 e. The highest BCUT2D eigenvalue weighted by molar-refractivity contribution is 5.79. The maximum absolute atomic E-state index is 10.9. The predicted octanol–water partition coefficient (Wildman–Crippen LogP) is 2.00. The van der Waals surface area contributed by atoms with Gasteiger partial charge in [0.25, 0.3) is 0 Å². The van der Waals surface area contributed by atoms with Crippen LogP contribution in [0.15, 0.2) is 30.3 Å². The summed E-state index contributed by atoms with van der Waals surface area (Å²) in [5.41, 5.74) is 1.12. The van der Waals surface area contributed by atoms with Crippen molar-refractivity contribution in [3.8, 4) is 0 Å². The molecule has 0 N–H and O–H groups in total. The van der Waals surface area contributed by atoms with Crippen molar-refractivity contribution in [2.24, 2.45) is 0 Å². The van der Waals surface area contributed by atoms with E-state index < -0.39 is 0 Å². The number of ether oxygens (including phenoxy) is 1. The van der Waals surface area contributed by atoms with Crippen molar-refractivity contribution in [3.63, 3.8) is 0 Å². The standard InChI is InChI=1S/C11H13O2/c1-2-13-11(12)9-8-10-6-4-3-5-7-10/h3-7,9H,2,8H2,1H3. The first kappa shape index (κ1) is 9.78. The molecule has 0 unspecified atom stereocenters. The van der Waals surface area contributed by atoms with Crippen LogP contribution >= 0.6 is 0 Å². The maximum Gasteiger partial charge on any atom is 0.310 e. The summed E-state index contributed by atoms with van der Waals surface area (Å²) in [5.74, 6) is -0.244. The zero-order valence-corrected chi connectivity index (χ0v) is 7.69. The molecular weight excluding hydrogens is 164 g/mol. The lowest BCUT2D eigenvalue weighted by molar-refractivity contribution is -0.139. The molecule has 0 atom stereocenters. The lowest BCUT2D eigenvalue weighted by Crippen LogP contribution is -2.05. The Labute approximate surface area is 78.5 Å². The van der Waals surface area contributed by atoms with Crippen LogP contribution in [-0.4, -0.2) is 12.6 Å². The molecule has 0 amide bonds. The smallest absolute Gasteiger partial charge is 0.310 e. The van der Waals surface area contributed by atoms with Gasteiger partial charge < -0.3 is 4.74 Å². The Morgan fingerprint density at radius 3 is 2.69 bits per heavy atom. The normalized spacial score (nSPS) is 9.62. The third-order valence-electron chi connectivity index (χ3n) is 1.63. The van der Waals surface area contributed by atoms with Crippen LogP contribution in [0.5, 0.6) is 0 Å². The van der Waals surface area contributed by atoms with Gasteiger partial charge >= 0.3 is 5.97 Å². The minimum absolute atomic E-state index is 0.244. The van der Waals surface area contributed by atoms with Gasteiger partial charge in [0.05, 0.1) is 13.0 Å². The van der Waals surface area contributed by atoms with E-state index >= 15 is 0 Å². The molecule has 0 fully saturated rings. The molecular formula is C11H13O2. The van der Waals surface area contributed by atoms with E-state index in [1.54, 1.807) is 13.3 Å². The molecule has 13 heavy (non-hydrogen) atoms. The number of hydrogen-bond acceptors (Lipinski definition) is 2. The van der Waals surface area contributed by atoms with E-state index in [1.807, 2.05) is 30.3 Å². The molecule has 1 aromatic carbocycles. The van der Waals surface area contributed by atoms with Crippen molar-refractivity contribution < 1.29 is 9.53 Å². The molecule has 0 aromatic heterocycles. The third-order valence-corrected chi connectivity index (χ3v) is 1.63. The van der Waals surface area contributed by atoms with Crippen LogP contribution in [0.25, 0.3) is 0 Å². The molecule has 1 radical (unpaired) electrons. The molecule has 0 saturated carbocycles. The van der Waals surface area contributed by atoms with E-state index in [-0.39, 0.29) is 5.97 Å². The van der Waals surface area contributed by atoms with Gasteiger partial charge in [-0.1, -0.05) is 30.3 Å². The molecule has 1 aromatic rings. The zero-order chi connectivity index (χ0) is 9.52. The van der Waals surface area contributed by atoms with Gasteiger partial charge in [-0.15, -0.1) is 0 Å². The van der Waals surface area contributed by atoms with Gasteiger partial charge in [-0.25, -0.2) is 0 Å². The van der Waals surface area contributed by atoms with E-state index in [9.17, 15) is 4.79 Å². The van der Waals surface area contributed by atoms with Crippen molar-refractivity contribution in [1.29, 1.82) is 0 Å². The van der Waals surface area contributed by atoms with E-state index in [4.69, 9.17) is 4.74 Å². The summed E-state index contributed by atoms with van der Waals surface area (Å²) in [5, 5.41) is 0. The average molecular weight is 177 g/mol. The molecule has 0 spiro atoms. The second kappa shape index (κ2) is 5.36. The first-order valence-electron chi connectivity index (χ1n) is 4.37. The van der Waals surface area contributed by atoms with Gasteiger partial charge in [-0.2, -0.15) is 0 Å². The van der Waals surface area contributed by atoms with Crippen molar-refractivity contribution in [3.05, 3.63) is 42.3 Å². The van der Waals surface area contributed by atoms with Crippen LogP contribution in [0, 0.1) is 6.42 Å². The fourth-order valence-corrected chi connectivity index (χ4v) is 1.02. The summed E-state index contributed by atoms with van der Waals surface area (Å²) in [6, 6.07) is 9.82. The van der Waals surface area contributed by atoms with Crippen LogP contribution in [-0.2, 0) is 16.0 Å². The fraction of sp³-hybridized carbons (Fsp3) is 0.273. The Morgan fingerprint density at radius 2 is 2.08 bits per heavy atom. The molecule has 2 nitrogen and oxygen atoms in total. The van der Waals surface area contributed by atoms with Crippen molar-refractivity contribution in [1.82, 2.24) is 0 Å². The Morgan fingerprint density at radius 1 is 1.38 bits per heavy atom. The summed E-state index contributed by atoms with van der Waals surface area (Å²) in [6.07, 6.45) is 2.19. The van der Waals surface area contributed by atoms with Crippen molar-refractivity contribution >= 4 is 5.97 Å². The molecule has 0 aliphatic carbocycles. The van der Waals surface area contributed by atoms with E-state index in [0.717, 1.165) is 5.56 Å². The highest BCUT2D eigenvalue weighted by atomic mass is 16.5. The largest absolute Gasteiger partial charge is 0.466 e. The predicted molar refractivity (Wildman–Crippen MR) is 51.1 cm³/mol. The van der Waals surface area contributed by atoms with Gasteiger partial charge in [0.2, 0.25) is 0 Å². The third kappa shape index (κ3) is 3.74. The average Bonchev–Trinajstić information content (AvgIpc) is 2.17. The van der Waals surface area contributed by atoms with E-state index in [2.05, 4.69) is 0 Å². The topological polar surface area (TPSA) is 26.3 Å². The lowest BCUT2D eigenvalue weighted by Gasteiger charge is -2.00. The number of carbonyl (C=O) groups excluding carboxylic acids is 1. The first-order chi connectivity index (χ1) is 6.33. The monoisotopic (exact) mass is 177 g/mol. The van der Waals surface area contributed by atoms with Crippen LogP contribution in [0.3, 0.4) is 0 Å². The Balaban J connectivity index is 2.31. The van der Waals surface area contributed by atoms with Crippen molar-refractivity contribution in [2.75, 3.05) is 6.61 Å². The Bertz CT molecular complexity index is 254. The first-order valence-corrected chi connectivity index (χ1v) is 4.37. The maximum atomic E-state index is 10.9. The van der Waals surface area contributed by atoms with Crippen LogP contribution in [0.1, 0.15) is 12.5 Å². The van der Waals surface area contributed by atoms with Crippen molar-refractivity contribution in [2.45, 2.75) is 13.3 Å². The highest BCUT2D eigenvalue weighted by Gasteiger charge is 2.01. The Hall–Kier alpha value is -1.31. The number of carbonyl (C=O) groups is 1. The quantitative estimate of drug-likeness (QED) is 0.657. The molecule has 0 bridgehead atoms. The minimum atomic E-state index is -0.244. The van der Waals surface area contributed by atoms with Crippen LogP contribution < -0.4 is 0 Å². The molecule has 0 saturated heterocycles. The summed E-state index contributed by atoms with van der Waals surface area (Å²) in [6.45, 7) is 2.23. The number of hydrogen-bond donors (Lipinski definition) is 0. The summed E-state index contributed by atoms with van der Waals surface area (Å²) >= 11 is 0. The van der Waals surface area contributed by atoms with E-state index in [0.29, 0.717) is 13.0 Å². The van der Waals surface area contributed by atoms with Gasteiger partial charge in [-0.05, 0) is 18.9 Å². The zero-order valence-electron chi connectivity index (χ0n) is 7.69. The molecule has 0 heterocycles. The SMILES string of the molecule is CCOC(=O)[CH]Cc1ccccc1. The van der Waals surface area contributed by atoms with Gasteiger partial charge in [0.15, 0.2) is 0 Å². The molecule has 69 valence electrons. The molecule has 0 aliphatic rings. The lowest BCUT2D eigenvalue weighted by atomic mass is 10.1. The second-order valence-corrected chi connectivity index (χ2v) is 2.65. The highest BCUT2D eigenvalue weighted by Crippen LogP contribution is 2.02. The summed E-state index contributed by atoms with van der Waals surface area (Å²) in [7, 11) is 0. The summed E-state index contributed by atoms with van der Waals surface area (Å²) in [4.78, 5) is 10.9. The van der Waals surface area contributed by atoms with Gasteiger partial charge in [0, 0.05) is 0 Å². The fourth-order valence-electron chi connectivity index (χ4n) is 1.02. The molecule has 2 heteroatoms. The number of rotatable bonds is 4. The second-order valence-electron chi connectivity index (χ2n) is 2.65. The molecule has 1 rings (SSSR count). The Kier molecular flexibility index (Phi) is 4.03. The van der Waals surface area contributed by atoms with E-state index in [1.165, 1.54) is 0 Å². The summed E-state index contributed by atoms with van der Waals surface area (Å²) < 4.78 is 4.77. The number of benzene rings is 1. The van der Waals surface area contributed by atoms with Crippen LogP contribution in [0.2, 0.25) is 0 Å². The number of esters is 1. The molecule has 0 aliphatic heterocycles. The van der Waals surface area contributed by atoms with Gasteiger partial charge in [-0.3, -0.25) is 4.79 Å². The van der Waals surface area contributed by atoms with Crippen LogP contribution in [0.4, 0.5) is 0 Å². The van der Waals surface area contributed by atoms with Gasteiger partial charge in [0.1, 0.15) is 0 Å².